The molecule has 0 unspecified atom stereocenters. The number of nitrogens with one attached hydrogen (secondary N) is 2. The lowest BCUT2D eigenvalue weighted by Crippen LogP contribution is -2.07. The highest BCUT2D eigenvalue weighted by Crippen LogP contribution is 2.19. The van der Waals surface area contributed by atoms with Gasteiger partial charge in [0.25, 0.3) is 5.95 Å². The summed E-state index contributed by atoms with van der Waals surface area (Å²) in [6.07, 6.45) is 5.09. The molecule has 128 valence electrons. The molecular weight excluding hydrogens is 338 g/mol. The van der Waals surface area contributed by atoms with Crippen LogP contribution in [-0.4, -0.2) is 33.3 Å². The Hall–Kier alpha value is -2.91. The average Bonchev–Trinajstić information content (AvgIpc) is 2.94. The summed E-state index contributed by atoms with van der Waals surface area (Å²) in [7, 11) is 1.49. The van der Waals surface area contributed by atoms with Gasteiger partial charge in [-0.2, -0.15) is 20.1 Å². The van der Waals surface area contributed by atoms with Crippen LogP contribution < -0.4 is 10.9 Å². The van der Waals surface area contributed by atoms with Gasteiger partial charge in [0.1, 0.15) is 0 Å². The zero-order valence-electron chi connectivity index (χ0n) is 14.0. The number of pyridine rings is 1. The van der Waals surface area contributed by atoms with Crippen molar-refractivity contribution in [1.82, 2.24) is 19.9 Å². The number of hydrogen-bond donors (Lipinski definition) is 2. The number of aromatic nitrogens is 4. The summed E-state index contributed by atoms with van der Waals surface area (Å²) >= 11 is 1.68. The van der Waals surface area contributed by atoms with Gasteiger partial charge >= 0.3 is 0 Å². The summed E-state index contributed by atoms with van der Waals surface area (Å²) in [5.74, 6) is 1.07. The monoisotopic (exact) mass is 355 g/mol. The van der Waals surface area contributed by atoms with Crippen molar-refractivity contribution in [3.8, 4) is 11.4 Å². The predicted molar refractivity (Wildman–Crippen MR) is 98.7 cm³/mol. The molecule has 0 spiro atoms. The van der Waals surface area contributed by atoms with Crippen molar-refractivity contribution < 1.29 is 4.84 Å². The fourth-order valence-electron chi connectivity index (χ4n) is 2.01. The first-order chi connectivity index (χ1) is 12.2. The third kappa shape index (κ3) is 4.34. The van der Waals surface area contributed by atoms with E-state index in [1.165, 1.54) is 17.6 Å². The zero-order chi connectivity index (χ0) is 17.6. The molecule has 0 aliphatic rings. The fraction of sp³-hybridized carbons (Fsp3) is 0.188. The van der Waals surface area contributed by atoms with Crippen molar-refractivity contribution in [2.24, 2.45) is 5.10 Å². The summed E-state index contributed by atoms with van der Waals surface area (Å²) in [5.41, 5.74) is 7.50. The zero-order valence-corrected chi connectivity index (χ0v) is 14.8. The first-order valence-electron chi connectivity index (χ1n) is 7.47. The third-order valence-corrected chi connectivity index (χ3v) is 4.40. The molecule has 3 rings (SSSR count). The van der Waals surface area contributed by atoms with Gasteiger partial charge in [0.15, 0.2) is 5.82 Å². The Balaban J connectivity index is 1.83. The van der Waals surface area contributed by atoms with E-state index in [2.05, 4.69) is 55.9 Å². The van der Waals surface area contributed by atoms with Gasteiger partial charge in [-0.3, -0.25) is 9.82 Å². The van der Waals surface area contributed by atoms with Gasteiger partial charge in [-0.1, -0.05) is 0 Å². The average molecular weight is 355 g/mol. The van der Waals surface area contributed by atoms with Crippen molar-refractivity contribution in [3.63, 3.8) is 0 Å². The SMILES string of the molecule is CONc1nc(N/N=C/c2cc(C)c(C)s2)nc(-c2ccncc2)n1. The molecule has 9 heteroatoms. The molecule has 0 aliphatic heterocycles. The molecule has 25 heavy (non-hydrogen) atoms. The van der Waals surface area contributed by atoms with Crippen molar-refractivity contribution >= 4 is 29.4 Å². The molecule has 3 heterocycles. The molecule has 0 bridgehead atoms. The molecule has 3 aromatic heterocycles. The molecule has 3 aromatic rings. The second kappa shape index (κ2) is 7.77. The maximum absolute atomic E-state index is 4.88. The van der Waals surface area contributed by atoms with E-state index in [9.17, 15) is 0 Å². The van der Waals surface area contributed by atoms with E-state index in [1.807, 2.05) is 12.1 Å². The first kappa shape index (κ1) is 16.9. The van der Waals surface area contributed by atoms with Crippen LogP contribution in [0.5, 0.6) is 0 Å². The standard InChI is InChI=1S/C16H17N7OS/c1-10-8-13(25-11(10)2)9-18-22-15-19-14(12-4-6-17-7-5-12)20-16(21-15)23-24-3/h4-9H,1-3H3,(H2,19,20,21,22,23)/b18-9+. The minimum Gasteiger partial charge on any atom is -0.277 e. The van der Waals surface area contributed by atoms with Crippen LogP contribution in [-0.2, 0) is 4.84 Å². The van der Waals surface area contributed by atoms with Gasteiger partial charge in [-0.05, 0) is 37.6 Å². The predicted octanol–water partition coefficient (Wildman–Crippen LogP) is 3.03. The lowest BCUT2D eigenvalue weighted by atomic mass is 10.2. The molecule has 0 radical (unpaired) electrons. The molecule has 0 fully saturated rings. The molecular formula is C16H17N7OS. The molecule has 0 saturated carbocycles. The lowest BCUT2D eigenvalue weighted by Gasteiger charge is -2.06. The van der Waals surface area contributed by atoms with E-state index >= 15 is 0 Å². The van der Waals surface area contributed by atoms with Gasteiger partial charge in [-0.15, -0.1) is 11.3 Å². The van der Waals surface area contributed by atoms with Crippen LogP contribution in [0.25, 0.3) is 11.4 Å². The van der Waals surface area contributed by atoms with Gasteiger partial charge in [0, 0.05) is 27.7 Å². The van der Waals surface area contributed by atoms with Crippen LogP contribution in [0.15, 0.2) is 35.7 Å². The van der Waals surface area contributed by atoms with E-state index < -0.39 is 0 Å². The molecule has 0 aliphatic carbocycles. The highest BCUT2D eigenvalue weighted by molar-refractivity contribution is 7.13. The lowest BCUT2D eigenvalue weighted by molar-refractivity contribution is 0.267. The largest absolute Gasteiger partial charge is 0.277 e. The maximum Gasteiger partial charge on any atom is 0.252 e. The van der Waals surface area contributed by atoms with Crippen LogP contribution in [0.4, 0.5) is 11.9 Å². The van der Waals surface area contributed by atoms with Crippen molar-refractivity contribution in [2.45, 2.75) is 13.8 Å². The highest BCUT2D eigenvalue weighted by atomic mass is 32.1. The summed E-state index contributed by atoms with van der Waals surface area (Å²) in [4.78, 5) is 24.1. The molecule has 0 amide bonds. The first-order valence-corrected chi connectivity index (χ1v) is 8.29. The van der Waals surface area contributed by atoms with Gasteiger partial charge in [0.2, 0.25) is 5.95 Å². The van der Waals surface area contributed by atoms with Crippen LogP contribution in [0.3, 0.4) is 0 Å². The Bertz CT molecular complexity index is 860. The second-order valence-electron chi connectivity index (χ2n) is 5.11. The van der Waals surface area contributed by atoms with E-state index in [1.54, 1.807) is 29.9 Å². The summed E-state index contributed by atoms with van der Waals surface area (Å²) in [6, 6.07) is 5.71. The topological polar surface area (TPSA) is 97.2 Å². The number of aryl methyl sites for hydroxylation is 2. The smallest absolute Gasteiger partial charge is 0.252 e. The third-order valence-electron chi connectivity index (χ3n) is 3.31. The molecule has 0 saturated heterocycles. The van der Waals surface area contributed by atoms with Crippen LogP contribution in [0.1, 0.15) is 15.3 Å². The van der Waals surface area contributed by atoms with Gasteiger partial charge in [0.05, 0.1) is 13.3 Å². The van der Waals surface area contributed by atoms with E-state index in [4.69, 9.17) is 4.84 Å². The number of nitrogens with zero attached hydrogens (tertiary/aromatic N) is 5. The Morgan fingerprint density at radius 3 is 2.56 bits per heavy atom. The maximum atomic E-state index is 4.88. The molecule has 2 N–H and O–H groups in total. The quantitative estimate of drug-likeness (QED) is 0.518. The number of thiophene rings is 1. The number of hydrazone groups is 1. The Morgan fingerprint density at radius 2 is 1.88 bits per heavy atom. The van der Waals surface area contributed by atoms with Crippen LogP contribution in [0.2, 0.25) is 0 Å². The minimum atomic E-state index is 0.282. The Kier molecular flexibility index (Phi) is 5.26. The van der Waals surface area contributed by atoms with Gasteiger partial charge in [-0.25, -0.2) is 10.9 Å². The van der Waals surface area contributed by atoms with E-state index in [-0.39, 0.29) is 5.95 Å². The van der Waals surface area contributed by atoms with Crippen molar-refractivity contribution in [2.75, 3.05) is 18.0 Å². The van der Waals surface area contributed by atoms with Crippen LogP contribution >= 0.6 is 11.3 Å². The van der Waals surface area contributed by atoms with E-state index in [0.29, 0.717) is 11.8 Å². The summed E-state index contributed by atoms with van der Waals surface area (Å²) in [5, 5.41) is 4.20. The Labute approximate surface area is 149 Å². The summed E-state index contributed by atoms with van der Waals surface area (Å²) in [6.45, 7) is 4.16. The van der Waals surface area contributed by atoms with Crippen LogP contribution in [0, 0.1) is 13.8 Å². The molecule has 0 atom stereocenters. The van der Waals surface area contributed by atoms with Crippen molar-refractivity contribution in [3.05, 3.63) is 45.9 Å². The van der Waals surface area contributed by atoms with Gasteiger partial charge < -0.3 is 0 Å². The number of rotatable bonds is 6. The fourth-order valence-corrected chi connectivity index (χ4v) is 2.93. The molecule has 8 nitrogen and oxygen atoms in total. The van der Waals surface area contributed by atoms with E-state index in [0.717, 1.165) is 10.4 Å². The second-order valence-corrected chi connectivity index (χ2v) is 6.39. The highest BCUT2D eigenvalue weighted by Gasteiger charge is 2.08. The van der Waals surface area contributed by atoms with Crippen molar-refractivity contribution in [1.29, 1.82) is 0 Å². The Morgan fingerprint density at radius 1 is 1.12 bits per heavy atom. The minimum absolute atomic E-state index is 0.282. The summed E-state index contributed by atoms with van der Waals surface area (Å²) < 4.78 is 0. The normalized spacial score (nSPS) is 11.0. The number of anilines is 2. The molecule has 0 aromatic carbocycles. The number of hydrogen-bond acceptors (Lipinski definition) is 9.